The summed E-state index contributed by atoms with van der Waals surface area (Å²) in [6, 6.07) is 15.9. The van der Waals surface area contributed by atoms with Crippen LogP contribution in [0.2, 0.25) is 0 Å². The summed E-state index contributed by atoms with van der Waals surface area (Å²) in [6.45, 7) is 2.65. The molecule has 0 unspecified atom stereocenters. The molecule has 0 saturated heterocycles. The standard InChI is InChI=1S/C20H21N3O4/c1-2-26-17-6-8-18(9-7-17)27-14-20(25)23-16-5-3-4-15(12-16)13-22-19(24)10-11-21/h3-9,12H,2,10,13-14H2,1H3,(H,22,24)(H,23,25). The van der Waals surface area contributed by atoms with Crippen molar-refractivity contribution in [2.75, 3.05) is 18.5 Å². The number of carbonyl (C=O) groups is 2. The number of rotatable bonds is 9. The number of nitriles is 1. The zero-order valence-electron chi connectivity index (χ0n) is 15.0. The fraction of sp³-hybridized carbons (Fsp3) is 0.250. The molecule has 0 aliphatic rings. The number of amides is 2. The number of nitrogens with one attached hydrogen (secondary N) is 2. The second kappa shape index (κ2) is 10.5. The second-order valence-electron chi connectivity index (χ2n) is 5.55. The van der Waals surface area contributed by atoms with Gasteiger partial charge in [0, 0.05) is 12.2 Å². The second-order valence-corrected chi connectivity index (χ2v) is 5.55. The topological polar surface area (TPSA) is 100 Å². The number of nitrogens with zero attached hydrogens (tertiary/aromatic N) is 1. The lowest BCUT2D eigenvalue weighted by atomic mass is 10.2. The van der Waals surface area contributed by atoms with Gasteiger partial charge in [0.1, 0.15) is 17.9 Å². The summed E-state index contributed by atoms with van der Waals surface area (Å²) >= 11 is 0. The van der Waals surface area contributed by atoms with E-state index in [1.54, 1.807) is 48.5 Å². The lowest BCUT2D eigenvalue weighted by Crippen LogP contribution is -2.22. The summed E-state index contributed by atoms with van der Waals surface area (Å²) in [6.07, 6.45) is -0.181. The Bertz CT molecular complexity index is 813. The molecule has 2 aromatic carbocycles. The minimum Gasteiger partial charge on any atom is -0.494 e. The van der Waals surface area contributed by atoms with E-state index in [9.17, 15) is 9.59 Å². The van der Waals surface area contributed by atoms with Gasteiger partial charge in [-0.15, -0.1) is 0 Å². The van der Waals surface area contributed by atoms with E-state index in [1.165, 1.54) is 0 Å². The smallest absolute Gasteiger partial charge is 0.262 e. The Labute approximate surface area is 157 Å². The van der Waals surface area contributed by atoms with Crippen molar-refractivity contribution in [1.82, 2.24) is 5.32 Å². The zero-order valence-corrected chi connectivity index (χ0v) is 15.0. The molecule has 2 aromatic rings. The number of ether oxygens (including phenoxy) is 2. The fourth-order valence-corrected chi connectivity index (χ4v) is 2.24. The monoisotopic (exact) mass is 367 g/mol. The highest BCUT2D eigenvalue weighted by Crippen LogP contribution is 2.17. The first kappa shape index (κ1) is 19.8. The molecule has 0 aliphatic carbocycles. The van der Waals surface area contributed by atoms with Crippen LogP contribution < -0.4 is 20.1 Å². The molecule has 27 heavy (non-hydrogen) atoms. The third kappa shape index (κ3) is 7.08. The van der Waals surface area contributed by atoms with Crippen molar-refractivity contribution in [3.8, 4) is 17.6 Å². The fourth-order valence-electron chi connectivity index (χ4n) is 2.24. The Balaban J connectivity index is 1.82. The molecule has 0 heterocycles. The first-order valence-corrected chi connectivity index (χ1v) is 8.49. The van der Waals surface area contributed by atoms with Crippen molar-refractivity contribution in [2.45, 2.75) is 19.9 Å². The van der Waals surface area contributed by atoms with Crippen LogP contribution in [0.1, 0.15) is 18.9 Å². The third-order valence-electron chi connectivity index (χ3n) is 3.44. The lowest BCUT2D eigenvalue weighted by molar-refractivity contribution is -0.120. The van der Waals surface area contributed by atoms with Crippen LogP contribution in [0, 0.1) is 11.3 Å². The molecule has 0 bridgehead atoms. The van der Waals surface area contributed by atoms with Crippen LogP contribution in [-0.2, 0) is 16.1 Å². The van der Waals surface area contributed by atoms with E-state index in [1.807, 2.05) is 13.0 Å². The van der Waals surface area contributed by atoms with E-state index in [-0.39, 0.29) is 31.4 Å². The number of carbonyl (C=O) groups excluding carboxylic acids is 2. The highest BCUT2D eigenvalue weighted by atomic mass is 16.5. The van der Waals surface area contributed by atoms with Crippen molar-refractivity contribution in [2.24, 2.45) is 0 Å². The van der Waals surface area contributed by atoms with Gasteiger partial charge < -0.3 is 20.1 Å². The van der Waals surface area contributed by atoms with Crippen LogP contribution in [0.5, 0.6) is 11.5 Å². The van der Waals surface area contributed by atoms with Crippen LogP contribution in [0.15, 0.2) is 48.5 Å². The highest BCUT2D eigenvalue weighted by molar-refractivity contribution is 5.92. The molecule has 0 saturated carbocycles. The van der Waals surface area contributed by atoms with Crippen LogP contribution in [0.4, 0.5) is 5.69 Å². The van der Waals surface area contributed by atoms with Gasteiger partial charge in [-0.3, -0.25) is 9.59 Å². The summed E-state index contributed by atoms with van der Waals surface area (Å²) in [5.74, 6) is 0.681. The molecule has 0 radical (unpaired) electrons. The highest BCUT2D eigenvalue weighted by Gasteiger charge is 2.06. The molecule has 0 aliphatic heterocycles. The van der Waals surface area contributed by atoms with Gasteiger partial charge in [-0.05, 0) is 48.9 Å². The maximum atomic E-state index is 12.1. The summed E-state index contributed by atoms with van der Waals surface area (Å²) in [4.78, 5) is 23.4. The summed E-state index contributed by atoms with van der Waals surface area (Å²) in [7, 11) is 0. The van der Waals surface area contributed by atoms with Gasteiger partial charge in [-0.25, -0.2) is 0 Å². The minimum absolute atomic E-state index is 0.128. The summed E-state index contributed by atoms with van der Waals surface area (Å²) in [5, 5.41) is 13.8. The molecule has 0 fully saturated rings. The largest absolute Gasteiger partial charge is 0.494 e. The molecule has 2 N–H and O–H groups in total. The molecule has 7 heteroatoms. The van der Waals surface area contributed by atoms with E-state index in [2.05, 4.69) is 10.6 Å². The molecule has 2 rings (SSSR count). The van der Waals surface area contributed by atoms with Crippen molar-refractivity contribution >= 4 is 17.5 Å². The number of hydrogen-bond acceptors (Lipinski definition) is 5. The summed E-state index contributed by atoms with van der Waals surface area (Å²) in [5.41, 5.74) is 1.41. The Morgan fingerprint density at radius 2 is 1.74 bits per heavy atom. The summed E-state index contributed by atoms with van der Waals surface area (Å²) < 4.78 is 10.8. The van der Waals surface area contributed by atoms with Crippen molar-refractivity contribution in [3.05, 3.63) is 54.1 Å². The average Bonchev–Trinajstić information content (AvgIpc) is 2.67. The molecule has 0 aromatic heterocycles. The Kier molecular flexibility index (Phi) is 7.67. The van der Waals surface area contributed by atoms with Crippen LogP contribution in [0.25, 0.3) is 0 Å². The average molecular weight is 367 g/mol. The molecular formula is C20H21N3O4. The van der Waals surface area contributed by atoms with Gasteiger partial charge in [-0.1, -0.05) is 12.1 Å². The maximum absolute atomic E-state index is 12.1. The van der Waals surface area contributed by atoms with E-state index in [0.717, 1.165) is 11.3 Å². The van der Waals surface area contributed by atoms with Crippen molar-refractivity contribution < 1.29 is 19.1 Å². The molecular weight excluding hydrogens is 346 g/mol. The normalized spacial score (nSPS) is 9.78. The van der Waals surface area contributed by atoms with Gasteiger partial charge in [0.25, 0.3) is 5.91 Å². The molecule has 0 atom stereocenters. The first-order chi connectivity index (χ1) is 13.1. The Morgan fingerprint density at radius 1 is 1.04 bits per heavy atom. The number of benzene rings is 2. The SMILES string of the molecule is CCOc1ccc(OCC(=O)Nc2cccc(CNC(=O)CC#N)c2)cc1. The zero-order chi connectivity index (χ0) is 19.5. The predicted octanol–water partition coefficient (Wildman–Crippen LogP) is 2.63. The van der Waals surface area contributed by atoms with Crippen molar-refractivity contribution in [1.29, 1.82) is 5.26 Å². The molecule has 7 nitrogen and oxygen atoms in total. The molecule has 0 spiro atoms. The van der Waals surface area contributed by atoms with E-state index >= 15 is 0 Å². The van der Waals surface area contributed by atoms with Gasteiger partial charge in [-0.2, -0.15) is 5.26 Å². The van der Waals surface area contributed by atoms with Gasteiger partial charge in [0.05, 0.1) is 12.7 Å². The van der Waals surface area contributed by atoms with Gasteiger partial charge in [0.15, 0.2) is 6.61 Å². The predicted molar refractivity (Wildman–Crippen MR) is 100 cm³/mol. The Hall–Kier alpha value is -3.53. The molecule has 140 valence electrons. The van der Waals surface area contributed by atoms with Crippen LogP contribution >= 0.6 is 0 Å². The quantitative estimate of drug-likeness (QED) is 0.710. The van der Waals surface area contributed by atoms with E-state index in [4.69, 9.17) is 14.7 Å². The third-order valence-corrected chi connectivity index (χ3v) is 3.44. The van der Waals surface area contributed by atoms with E-state index in [0.29, 0.717) is 18.0 Å². The van der Waals surface area contributed by atoms with Gasteiger partial charge >= 0.3 is 0 Å². The van der Waals surface area contributed by atoms with E-state index < -0.39 is 0 Å². The maximum Gasteiger partial charge on any atom is 0.262 e. The minimum atomic E-state index is -0.337. The molecule has 2 amide bonds. The van der Waals surface area contributed by atoms with Crippen LogP contribution in [0.3, 0.4) is 0 Å². The first-order valence-electron chi connectivity index (χ1n) is 8.49. The Morgan fingerprint density at radius 3 is 2.41 bits per heavy atom. The number of anilines is 1. The lowest BCUT2D eigenvalue weighted by Gasteiger charge is -2.10. The van der Waals surface area contributed by atoms with Gasteiger partial charge in [0.2, 0.25) is 5.91 Å². The van der Waals surface area contributed by atoms with Crippen LogP contribution in [-0.4, -0.2) is 25.0 Å². The van der Waals surface area contributed by atoms with Crippen molar-refractivity contribution in [3.63, 3.8) is 0 Å². The number of hydrogen-bond donors (Lipinski definition) is 2.